The molecule has 0 aliphatic rings. The van der Waals surface area contributed by atoms with Crippen LogP contribution in [0.5, 0.6) is 0 Å². The minimum absolute atomic E-state index is 0. The van der Waals surface area contributed by atoms with Crippen molar-refractivity contribution in [1.82, 2.24) is 6.15 Å². The molecule has 0 aliphatic heterocycles. The van der Waals surface area contributed by atoms with Crippen molar-refractivity contribution in [3.05, 3.63) is 32.3 Å². The molecule has 3 heteroatoms. The third kappa shape index (κ3) is 2.64. The molecule has 0 unspecified atom stereocenters. The van der Waals surface area contributed by atoms with Crippen LogP contribution in [-0.4, -0.2) is 0 Å². The molecular weight excluding hydrogens is 293 g/mol. The Labute approximate surface area is 76.7 Å². The van der Waals surface area contributed by atoms with Crippen LogP contribution in [0.3, 0.4) is 0 Å². The Morgan fingerprint density at radius 1 is 1.22 bits per heavy atom. The van der Waals surface area contributed by atoms with E-state index in [2.05, 4.69) is 44.6 Å². The van der Waals surface area contributed by atoms with Crippen molar-refractivity contribution in [2.45, 2.75) is 0 Å². The van der Waals surface area contributed by atoms with Crippen LogP contribution in [0.15, 0.2) is 28.7 Å². The molecule has 0 atom stereocenters. The van der Waals surface area contributed by atoms with E-state index in [-0.39, 0.29) is 6.15 Å². The van der Waals surface area contributed by atoms with E-state index in [1.165, 1.54) is 8.04 Å². The summed E-state index contributed by atoms with van der Waals surface area (Å²) in [4.78, 5) is 0. The van der Waals surface area contributed by atoms with Gasteiger partial charge >= 0.3 is 0 Å². The molecule has 0 spiro atoms. The molecule has 0 radical (unpaired) electrons. The standard InChI is InChI=1S/C6H4BrI.H3N/c7-5-3-1-2-4-6(5)8;/h1-4H;1H3. The molecule has 0 heterocycles. The van der Waals surface area contributed by atoms with Gasteiger partial charge in [-0.25, -0.2) is 0 Å². The Bertz CT molecular complexity index is 169. The van der Waals surface area contributed by atoms with Crippen LogP contribution in [0.2, 0.25) is 0 Å². The third-order valence-corrected chi connectivity index (χ3v) is 3.20. The maximum absolute atomic E-state index is 3.39. The summed E-state index contributed by atoms with van der Waals surface area (Å²) in [5, 5.41) is 0. The van der Waals surface area contributed by atoms with Gasteiger partial charge in [-0.3, -0.25) is 0 Å². The fraction of sp³-hybridized carbons (Fsp3) is 0. The second-order valence-corrected chi connectivity index (χ2v) is 3.43. The summed E-state index contributed by atoms with van der Waals surface area (Å²) in [5.74, 6) is 0. The zero-order valence-electron chi connectivity index (χ0n) is 4.77. The summed E-state index contributed by atoms with van der Waals surface area (Å²) in [5.41, 5.74) is 0. The molecule has 0 aliphatic carbocycles. The fourth-order valence-electron chi connectivity index (χ4n) is 0.439. The van der Waals surface area contributed by atoms with Crippen LogP contribution in [0, 0.1) is 3.57 Å². The molecule has 0 saturated heterocycles. The summed E-state index contributed by atoms with van der Waals surface area (Å²) in [6, 6.07) is 8.12. The topological polar surface area (TPSA) is 35.0 Å². The summed E-state index contributed by atoms with van der Waals surface area (Å²) in [7, 11) is 0. The fourth-order valence-corrected chi connectivity index (χ4v) is 1.11. The van der Waals surface area contributed by atoms with Crippen LogP contribution in [0.4, 0.5) is 0 Å². The maximum Gasteiger partial charge on any atom is 0.0308 e. The molecular formula is C6H7BrIN. The zero-order chi connectivity index (χ0) is 5.98. The first kappa shape index (κ1) is 9.39. The van der Waals surface area contributed by atoms with Crippen molar-refractivity contribution in [2.24, 2.45) is 0 Å². The molecule has 1 aromatic carbocycles. The Kier molecular flexibility index (Phi) is 4.43. The highest BCUT2D eigenvalue weighted by Crippen LogP contribution is 2.16. The largest absolute Gasteiger partial charge is 0.344 e. The van der Waals surface area contributed by atoms with E-state index < -0.39 is 0 Å². The van der Waals surface area contributed by atoms with Gasteiger partial charge in [0.25, 0.3) is 0 Å². The molecule has 0 bridgehead atoms. The highest BCUT2D eigenvalue weighted by atomic mass is 127. The van der Waals surface area contributed by atoms with Crippen molar-refractivity contribution in [2.75, 3.05) is 0 Å². The number of benzene rings is 1. The lowest BCUT2D eigenvalue weighted by Crippen LogP contribution is -1.68. The van der Waals surface area contributed by atoms with Gasteiger partial charge in [-0.15, -0.1) is 0 Å². The molecule has 3 N–H and O–H groups in total. The van der Waals surface area contributed by atoms with Gasteiger partial charge in [0.05, 0.1) is 0 Å². The first-order valence-electron chi connectivity index (χ1n) is 2.21. The summed E-state index contributed by atoms with van der Waals surface area (Å²) >= 11 is 5.67. The van der Waals surface area contributed by atoms with Crippen molar-refractivity contribution >= 4 is 38.5 Å². The normalized spacial score (nSPS) is 8.22. The Morgan fingerprint density at radius 2 is 1.78 bits per heavy atom. The maximum atomic E-state index is 3.39. The van der Waals surface area contributed by atoms with Gasteiger partial charge in [-0.05, 0) is 50.7 Å². The van der Waals surface area contributed by atoms with Gasteiger partial charge in [-0.2, -0.15) is 0 Å². The molecule has 0 saturated carbocycles. The molecule has 0 fully saturated rings. The Hall–Kier alpha value is 0.390. The first-order valence-corrected chi connectivity index (χ1v) is 4.08. The molecule has 1 aromatic rings. The predicted molar refractivity (Wildman–Crippen MR) is 51.9 cm³/mol. The van der Waals surface area contributed by atoms with Gasteiger partial charge in [0.15, 0.2) is 0 Å². The second kappa shape index (κ2) is 4.24. The van der Waals surface area contributed by atoms with E-state index in [0.717, 1.165) is 0 Å². The van der Waals surface area contributed by atoms with Crippen LogP contribution in [0.25, 0.3) is 0 Å². The van der Waals surface area contributed by atoms with E-state index in [0.29, 0.717) is 0 Å². The number of rotatable bonds is 0. The summed E-state index contributed by atoms with van der Waals surface area (Å²) in [6.07, 6.45) is 0. The summed E-state index contributed by atoms with van der Waals surface area (Å²) in [6.45, 7) is 0. The number of hydrogen-bond donors (Lipinski definition) is 1. The lowest BCUT2D eigenvalue weighted by Gasteiger charge is -1.89. The Balaban J connectivity index is 0.000000640. The van der Waals surface area contributed by atoms with Gasteiger partial charge < -0.3 is 6.15 Å². The molecule has 1 nitrogen and oxygen atoms in total. The van der Waals surface area contributed by atoms with Crippen molar-refractivity contribution in [3.8, 4) is 0 Å². The van der Waals surface area contributed by atoms with E-state index in [9.17, 15) is 0 Å². The molecule has 50 valence electrons. The van der Waals surface area contributed by atoms with E-state index in [1.807, 2.05) is 18.2 Å². The van der Waals surface area contributed by atoms with Crippen LogP contribution < -0.4 is 6.15 Å². The molecule has 0 aromatic heterocycles. The average molecular weight is 300 g/mol. The van der Waals surface area contributed by atoms with Crippen molar-refractivity contribution in [1.29, 1.82) is 0 Å². The predicted octanol–water partition coefficient (Wildman–Crippen LogP) is 3.22. The smallest absolute Gasteiger partial charge is 0.0308 e. The summed E-state index contributed by atoms with van der Waals surface area (Å²) < 4.78 is 2.42. The van der Waals surface area contributed by atoms with Gasteiger partial charge in [-0.1, -0.05) is 12.1 Å². The average Bonchev–Trinajstić information content (AvgIpc) is 1.77. The minimum Gasteiger partial charge on any atom is -0.344 e. The van der Waals surface area contributed by atoms with Crippen molar-refractivity contribution < 1.29 is 0 Å². The van der Waals surface area contributed by atoms with Crippen LogP contribution >= 0.6 is 38.5 Å². The van der Waals surface area contributed by atoms with E-state index >= 15 is 0 Å². The van der Waals surface area contributed by atoms with Gasteiger partial charge in [0, 0.05) is 8.04 Å². The van der Waals surface area contributed by atoms with Gasteiger partial charge in [0.2, 0.25) is 0 Å². The lowest BCUT2D eigenvalue weighted by molar-refractivity contribution is 1.59. The second-order valence-electron chi connectivity index (χ2n) is 1.41. The highest BCUT2D eigenvalue weighted by molar-refractivity contribution is 14.1. The number of halogens is 2. The Morgan fingerprint density at radius 3 is 2.11 bits per heavy atom. The van der Waals surface area contributed by atoms with E-state index in [1.54, 1.807) is 0 Å². The monoisotopic (exact) mass is 299 g/mol. The molecule has 9 heavy (non-hydrogen) atoms. The van der Waals surface area contributed by atoms with Crippen LogP contribution in [0.1, 0.15) is 0 Å². The SMILES string of the molecule is Brc1ccccc1I.N. The van der Waals surface area contributed by atoms with Gasteiger partial charge in [0.1, 0.15) is 0 Å². The van der Waals surface area contributed by atoms with Crippen molar-refractivity contribution in [3.63, 3.8) is 0 Å². The highest BCUT2D eigenvalue weighted by Gasteiger charge is 1.88. The first-order chi connectivity index (χ1) is 3.80. The third-order valence-electron chi connectivity index (χ3n) is 0.824. The quantitative estimate of drug-likeness (QED) is 0.734. The lowest BCUT2D eigenvalue weighted by atomic mass is 10.4. The molecule has 0 amide bonds. The van der Waals surface area contributed by atoms with Crippen LogP contribution in [-0.2, 0) is 0 Å². The number of hydrogen-bond acceptors (Lipinski definition) is 1. The van der Waals surface area contributed by atoms with E-state index in [4.69, 9.17) is 0 Å². The zero-order valence-corrected chi connectivity index (χ0v) is 8.52. The minimum atomic E-state index is 0. The molecule has 1 rings (SSSR count).